The first-order valence-corrected chi connectivity index (χ1v) is 10.0. The van der Waals surface area contributed by atoms with Gasteiger partial charge in [-0.25, -0.2) is 0 Å². The first-order valence-electron chi connectivity index (χ1n) is 10.0. The Morgan fingerprint density at radius 2 is 1.89 bits per heavy atom. The Morgan fingerprint density at radius 1 is 1.22 bits per heavy atom. The normalized spacial score (nSPS) is 19.8. The van der Waals surface area contributed by atoms with Crippen molar-refractivity contribution in [2.45, 2.75) is 44.1 Å². The number of piperidine rings is 1. The van der Waals surface area contributed by atoms with Crippen molar-refractivity contribution in [2.75, 3.05) is 39.3 Å². The Balaban J connectivity index is 1.40. The Bertz CT molecular complexity index is 637. The second kappa shape index (κ2) is 8.85. The number of nitrogens with one attached hydrogen (secondary N) is 1. The van der Waals surface area contributed by atoms with Gasteiger partial charge in [0.15, 0.2) is 0 Å². The molecular weight excluding hydrogens is 342 g/mol. The number of hydrogen-bond donors (Lipinski definition) is 2. The van der Waals surface area contributed by atoms with Crippen molar-refractivity contribution in [3.8, 4) is 0 Å². The Morgan fingerprint density at radius 3 is 2.44 bits per heavy atom. The number of amides is 1. The highest BCUT2D eigenvalue weighted by Gasteiger charge is 2.44. The van der Waals surface area contributed by atoms with Crippen LogP contribution in [0.2, 0.25) is 0 Å². The summed E-state index contributed by atoms with van der Waals surface area (Å²) in [6, 6.07) is 10.8. The molecule has 1 aromatic rings. The second-order valence-electron chi connectivity index (χ2n) is 7.89. The van der Waals surface area contributed by atoms with E-state index in [1.807, 2.05) is 17.9 Å². The number of likely N-dealkylation sites (tertiary alicyclic amines) is 1. The summed E-state index contributed by atoms with van der Waals surface area (Å²) in [6.45, 7) is 5.69. The van der Waals surface area contributed by atoms with Crippen LogP contribution in [0.3, 0.4) is 0 Å². The molecule has 0 unspecified atom stereocenters. The van der Waals surface area contributed by atoms with Crippen LogP contribution < -0.4 is 5.32 Å². The summed E-state index contributed by atoms with van der Waals surface area (Å²) in [5, 5.41) is 12.2. The lowest BCUT2D eigenvalue weighted by Gasteiger charge is -2.37. The number of likely N-dealkylation sites (N-methyl/N-ethyl adjacent to an activating group) is 1. The van der Waals surface area contributed by atoms with Crippen molar-refractivity contribution >= 4 is 11.9 Å². The van der Waals surface area contributed by atoms with Crippen LogP contribution in [0.1, 0.15) is 38.2 Å². The highest BCUT2D eigenvalue weighted by atomic mass is 16.4. The minimum atomic E-state index is -0.772. The van der Waals surface area contributed by atoms with E-state index in [0.29, 0.717) is 19.1 Å². The smallest absolute Gasteiger partial charge is 0.317 e. The topological polar surface area (TPSA) is 72.9 Å². The fraction of sp³-hybridized carbons (Fsp3) is 0.619. The van der Waals surface area contributed by atoms with Crippen molar-refractivity contribution in [2.24, 2.45) is 0 Å². The molecule has 3 rings (SSSR count). The van der Waals surface area contributed by atoms with Crippen LogP contribution in [0.15, 0.2) is 30.3 Å². The third-order valence-corrected chi connectivity index (χ3v) is 6.05. The number of carbonyl (C=O) groups excluding carboxylic acids is 1. The van der Waals surface area contributed by atoms with Gasteiger partial charge in [-0.1, -0.05) is 37.3 Å². The van der Waals surface area contributed by atoms with Gasteiger partial charge in [0.25, 0.3) is 0 Å². The van der Waals surface area contributed by atoms with Gasteiger partial charge in [-0.2, -0.15) is 0 Å². The number of hydrogen-bond acceptors (Lipinski definition) is 4. The summed E-state index contributed by atoms with van der Waals surface area (Å²) in [7, 11) is 0. The molecule has 148 valence electrons. The average Bonchev–Trinajstić information content (AvgIpc) is 3.47. The van der Waals surface area contributed by atoms with Crippen LogP contribution in [0, 0.1) is 0 Å². The summed E-state index contributed by atoms with van der Waals surface area (Å²) in [6.07, 6.45) is 4.11. The van der Waals surface area contributed by atoms with Crippen LogP contribution in [0.5, 0.6) is 0 Å². The average molecular weight is 373 g/mol. The predicted octanol–water partition coefficient (Wildman–Crippen LogP) is 1.71. The van der Waals surface area contributed by atoms with Gasteiger partial charge < -0.3 is 10.4 Å². The molecule has 1 aliphatic carbocycles. The minimum absolute atomic E-state index is 0.0912. The van der Waals surface area contributed by atoms with Crippen LogP contribution in [-0.2, 0) is 15.0 Å². The van der Waals surface area contributed by atoms with Crippen molar-refractivity contribution in [3.05, 3.63) is 35.9 Å². The summed E-state index contributed by atoms with van der Waals surface area (Å²) in [4.78, 5) is 27.6. The highest BCUT2D eigenvalue weighted by Crippen LogP contribution is 2.47. The van der Waals surface area contributed by atoms with E-state index >= 15 is 0 Å². The van der Waals surface area contributed by atoms with Crippen LogP contribution in [0.25, 0.3) is 0 Å². The zero-order valence-electron chi connectivity index (χ0n) is 16.2. The molecule has 1 saturated heterocycles. The molecule has 2 fully saturated rings. The number of benzene rings is 1. The van der Waals surface area contributed by atoms with E-state index in [1.54, 1.807) is 0 Å². The number of rotatable bonds is 9. The van der Waals surface area contributed by atoms with Crippen LogP contribution >= 0.6 is 0 Å². The van der Waals surface area contributed by atoms with E-state index in [0.717, 1.165) is 45.3 Å². The predicted molar refractivity (Wildman–Crippen MR) is 105 cm³/mol. The molecule has 6 heteroatoms. The van der Waals surface area contributed by atoms with E-state index in [2.05, 4.69) is 34.5 Å². The lowest BCUT2D eigenvalue weighted by molar-refractivity contribution is -0.139. The first-order chi connectivity index (χ1) is 13.0. The second-order valence-corrected chi connectivity index (χ2v) is 7.89. The zero-order chi connectivity index (χ0) is 19.3. The number of carboxylic acids is 1. The van der Waals surface area contributed by atoms with Crippen molar-refractivity contribution in [3.63, 3.8) is 0 Å². The van der Waals surface area contributed by atoms with E-state index < -0.39 is 5.97 Å². The maximum atomic E-state index is 12.4. The maximum Gasteiger partial charge on any atom is 0.317 e. The van der Waals surface area contributed by atoms with Gasteiger partial charge in [-0.15, -0.1) is 0 Å². The number of carboxylic acid groups (broad SMARTS) is 1. The van der Waals surface area contributed by atoms with E-state index in [4.69, 9.17) is 5.11 Å². The fourth-order valence-corrected chi connectivity index (χ4v) is 4.15. The summed E-state index contributed by atoms with van der Waals surface area (Å²) >= 11 is 0. The molecule has 1 amide bonds. The maximum absolute atomic E-state index is 12.4. The monoisotopic (exact) mass is 373 g/mol. The first kappa shape index (κ1) is 19.8. The number of carbonyl (C=O) groups is 2. The summed E-state index contributed by atoms with van der Waals surface area (Å²) in [5.41, 5.74) is 1.46. The van der Waals surface area contributed by atoms with Crippen LogP contribution in [0.4, 0.5) is 0 Å². The molecule has 0 atom stereocenters. The van der Waals surface area contributed by atoms with Gasteiger partial charge in [0.05, 0.1) is 13.1 Å². The molecular formula is C21H31N3O3. The lowest BCUT2D eigenvalue weighted by atomic mass is 9.96. The van der Waals surface area contributed by atoms with Crippen molar-refractivity contribution in [1.29, 1.82) is 0 Å². The number of nitrogens with zero attached hydrogens (tertiary/aromatic N) is 2. The minimum Gasteiger partial charge on any atom is -0.480 e. The Hall–Kier alpha value is -1.92. The molecule has 1 aliphatic heterocycles. The quantitative estimate of drug-likeness (QED) is 0.689. The molecule has 1 saturated carbocycles. The zero-order valence-corrected chi connectivity index (χ0v) is 16.2. The molecule has 2 N–H and O–H groups in total. The van der Waals surface area contributed by atoms with Crippen molar-refractivity contribution in [1.82, 2.24) is 15.1 Å². The van der Waals surface area contributed by atoms with E-state index in [9.17, 15) is 9.59 Å². The van der Waals surface area contributed by atoms with Gasteiger partial charge in [-0.3, -0.25) is 19.4 Å². The van der Waals surface area contributed by atoms with Gasteiger partial charge in [0.1, 0.15) is 0 Å². The van der Waals surface area contributed by atoms with Gasteiger partial charge in [0.2, 0.25) is 5.91 Å². The van der Waals surface area contributed by atoms with Crippen molar-refractivity contribution < 1.29 is 14.7 Å². The Labute approximate surface area is 161 Å². The molecule has 0 spiro atoms. The lowest BCUT2D eigenvalue weighted by Crippen LogP contribution is -2.49. The SMILES string of the molecule is CCN(CC(=O)O)C1CCN(CC(=O)NCC2(c3ccccc3)CC2)CC1. The van der Waals surface area contributed by atoms with Gasteiger partial charge in [-0.05, 0) is 37.8 Å². The molecule has 1 aromatic carbocycles. The molecule has 0 radical (unpaired) electrons. The summed E-state index contributed by atoms with van der Waals surface area (Å²) in [5.74, 6) is -0.681. The van der Waals surface area contributed by atoms with Crippen LogP contribution in [-0.4, -0.2) is 72.1 Å². The third-order valence-electron chi connectivity index (χ3n) is 6.05. The fourth-order valence-electron chi connectivity index (χ4n) is 4.15. The third kappa shape index (κ3) is 5.30. The molecule has 1 heterocycles. The standard InChI is InChI=1S/C21H31N3O3/c1-2-24(15-20(26)27)18-8-12-23(13-9-18)14-19(25)22-16-21(10-11-21)17-6-4-3-5-7-17/h3-7,18H,2,8-16H2,1H3,(H,22,25)(H,26,27). The summed E-state index contributed by atoms with van der Waals surface area (Å²) < 4.78 is 0. The molecule has 2 aliphatic rings. The Kier molecular flexibility index (Phi) is 6.50. The molecule has 6 nitrogen and oxygen atoms in total. The number of aliphatic carboxylic acids is 1. The molecule has 0 aromatic heterocycles. The van der Waals surface area contributed by atoms with E-state index in [1.165, 1.54) is 5.56 Å². The highest BCUT2D eigenvalue weighted by molar-refractivity contribution is 5.78. The van der Waals surface area contributed by atoms with E-state index in [-0.39, 0.29) is 17.9 Å². The van der Waals surface area contributed by atoms with Gasteiger partial charge >= 0.3 is 5.97 Å². The molecule has 27 heavy (non-hydrogen) atoms. The largest absolute Gasteiger partial charge is 0.480 e. The molecule has 0 bridgehead atoms. The van der Waals surface area contributed by atoms with Gasteiger partial charge in [0, 0.05) is 31.1 Å².